The Morgan fingerprint density at radius 2 is 1.75 bits per heavy atom. The van der Waals surface area contributed by atoms with Crippen LogP contribution in [-0.2, 0) is 4.74 Å². The Kier molecular flexibility index (Phi) is 6.39. The SMILES string of the molecule is CNC(C)CC(C)C(C)COC. The fourth-order valence-corrected chi connectivity index (χ4v) is 1.33. The number of hydrogen-bond acceptors (Lipinski definition) is 2. The van der Waals surface area contributed by atoms with Crippen LogP contribution in [0.15, 0.2) is 0 Å². The first-order chi connectivity index (χ1) is 5.61. The van der Waals surface area contributed by atoms with Crippen LogP contribution >= 0.6 is 0 Å². The average molecular weight is 173 g/mol. The van der Waals surface area contributed by atoms with E-state index in [9.17, 15) is 0 Å². The smallest absolute Gasteiger partial charge is 0.0490 e. The van der Waals surface area contributed by atoms with Crippen molar-refractivity contribution in [3.05, 3.63) is 0 Å². The van der Waals surface area contributed by atoms with E-state index in [-0.39, 0.29) is 0 Å². The molecule has 0 radical (unpaired) electrons. The molecule has 0 aliphatic carbocycles. The molecule has 0 aliphatic rings. The fraction of sp³-hybridized carbons (Fsp3) is 1.00. The normalized spacial score (nSPS) is 18.8. The Morgan fingerprint density at radius 1 is 1.17 bits per heavy atom. The van der Waals surface area contributed by atoms with Crippen LogP contribution in [0.2, 0.25) is 0 Å². The van der Waals surface area contributed by atoms with Crippen LogP contribution in [0.3, 0.4) is 0 Å². The lowest BCUT2D eigenvalue weighted by atomic mass is 9.91. The summed E-state index contributed by atoms with van der Waals surface area (Å²) in [6.45, 7) is 7.63. The second-order valence-corrected chi connectivity index (χ2v) is 3.84. The zero-order valence-corrected chi connectivity index (χ0v) is 9.05. The van der Waals surface area contributed by atoms with Gasteiger partial charge in [-0.05, 0) is 32.2 Å². The summed E-state index contributed by atoms with van der Waals surface area (Å²) in [6.07, 6.45) is 1.22. The molecule has 2 nitrogen and oxygen atoms in total. The Hall–Kier alpha value is -0.0800. The number of nitrogens with one attached hydrogen (secondary N) is 1. The van der Waals surface area contributed by atoms with Gasteiger partial charge < -0.3 is 10.1 Å². The highest BCUT2D eigenvalue weighted by atomic mass is 16.5. The summed E-state index contributed by atoms with van der Waals surface area (Å²) in [4.78, 5) is 0. The van der Waals surface area contributed by atoms with Crippen molar-refractivity contribution in [3.8, 4) is 0 Å². The summed E-state index contributed by atoms with van der Waals surface area (Å²) in [5, 5.41) is 3.25. The lowest BCUT2D eigenvalue weighted by Crippen LogP contribution is -2.26. The summed E-state index contributed by atoms with van der Waals surface area (Å²) in [7, 11) is 3.78. The summed E-state index contributed by atoms with van der Waals surface area (Å²) in [5.74, 6) is 1.39. The molecule has 0 amide bonds. The summed E-state index contributed by atoms with van der Waals surface area (Å²) in [5.41, 5.74) is 0. The highest BCUT2D eigenvalue weighted by Crippen LogP contribution is 2.16. The van der Waals surface area contributed by atoms with Gasteiger partial charge in [0.1, 0.15) is 0 Å². The number of methoxy groups -OCH3 is 1. The molecule has 0 aromatic carbocycles. The molecule has 12 heavy (non-hydrogen) atoms. The van der Waals surface area contributed by atoms with E-state index in [1.165, 1.54) is 6.42 Å². The maximum Gasteiger partial charge on any atom is 0.0490 e. The first-order valence-corrected chi connectivity index (χ1v) is 4.78. The molecular formula is C10H23NO. The molecule has 0 aromatic rings. The van der Waals surface area contributed by atoms with Crippen LogP contribution in [0.1, 0.15) is 27.2 Å². The molecular weight excluding hydrogens is 150 g/mol. The molecule has 0 bridgehead atoms. The van der Waals surface area contributed by atoms with E-state index < -0.39 is 0 Å². The van der Waals surface area contributed by atoms with Gasteiger partial charge in [-0.2, -0.15) is 0 Å². The summed E-state index contributed by atoms with van der Waals surface area (Å²) >= 11 is 0. The first-order valence-electron chi connectivity index (χ1n) is 4.78. The number of ether oxygens (including phenoxy) is 1. The quantitative estimate of drug-likeness (QED) is 0.662. The molecule has 3 atom stereocenters. The highest BCUT2D eigenvalue weighted by molar-refractivity contribution is 4.67. The van der Waals surface area contributed by atoms with Gasteiger partial charge >= 0.3 is 0 Å². The van der Waals surface area contributed by atoms with Crippen molar-refractivity contribution in [1.29, 1.82) is 0 Å². The van der Waals surface area contributed by atoms with Crippen LogP contribution < -0.4 is 5.32 Å². The Balaban J connectivity index is 3.62. The minimum absolute atomic E-state index is 0.610. The van der Waals surface area contributed by atoms with Crippen molar-refractivity contribution in [2.24, 2.45) is 11.8 Å². The fourth-order valence-electron chi connectivity index (χ4n) is 1.33. The monoisotopic (exact) mass is 173 g/mol. The second kappa shape index (κ2) is 6.44. The van der Waals surface area contributed by atoms with Gasteiger partial charge in [0.2, 0.25) is 0 Å². The number of hydrogen-bond donors (Lipinski definition) is 1. The Morgan fingerprint density at radius 3 is 2.17 bits per heavy atom. The van der Waals surface area contributed by atoms with Gasteiger partial charge in [0, 0.05) is 19.8 Å². The molecule has 0 saturated heterocycles. The van der Waals surface area contributed by atoms with Gasteiger partial charge in [-0.15, -0.1) is 0 Å². The molecule has 0 saturated carbocycles. The van der Waals surface area contributed by atoms with E-state index in [4.69, 9.17) is 4.74 Å². The van der Waals surface area contributed by atoms with Crippen molar-refractivity contribution < 1.29 is 4.74 Å². The Bertz CT molecular complexity index is 106. The molecule has 0 aromatic heterocycles. The zero-order chi connectivity index (χ0) is 9.56. The van der Waals surface area contributed by atoms with E-state index in [2.05, 4.69) is 26.1 Å². The van der Waals surface area contributed by atoms with Crippen molar-refractivity contribution in [2.75, 3.05) is 20.8 Å². The zero-order valence-electron chi connectivity index (χ0n) is 9.05. The van der Waals surface area contributed by atoms with Crippen LogP contribution in [-0.4, -0.2) is 26.8 Å². The highest BCUT2D eigenvalue weighted by Gasteiger charge is 2.13. The molecule has 74 valence electrons. The van der Waals surface area contributed by atoms with Gasteiger partial charge in [-0.3, -0.25) is 0 Å². The van der Waals surface area contributed by atoms with Crippen LogP contribution in [0.25, 0.3) is 0 Å². The van der Waals surface area contributed by atoms with Crippen LogP contribution in [0, 0.1) is 11.8 Å². The van der Waals surface area contributed by atoms with Crippen molar-refractivity contribution >= 4 is 0 Å². The molecule has 1 N–H and O–H groups in total. The maximum atomic E-state index is 5.12. The van der Waals surface area contributed by atoms with Crippen molar-refractivity contribution in [2.45, 2.75) is 33.2 Å². The second-order valence-electron chi connectivity index (χ2n) is 3.84. The number of rotatable bonds is 6. The molecule has 2 heteroatoms. The average Bonchev–Trinajstić information content (AvgIpc) is 2.04. The van der Waals surface area contributed by atoms with E-state index >= 15 is 0 Å². The van der Waals surface area contributed by atoms with Gasteiger partial charge in [0.05, 0.1) is 0 Å². The third-order valence-corrected chi connectivity index (χ3v) is 2.62. The maximum absolute atomic E-state index is 5.12. The molecule has 0 heterocycles. The minimum Gasteiger partial charge on any atom is -0.384 e. The van der Waals surface area contributed by atoms with Crippen molar-refractivity contribution in [3.63, 3.8) is 0 Å². The summed E-state index contributed by atoms with van der Waals surface area (Å²) < 4.78 is 5.12. The predicted molar refractivity (Wildman–Crippen MR) is 53.3 cm³/mol. The van der Waals surface area contributed by atoms with E-state index in [1.807, 2.05) is 7.05 Å². The van der Waals surface area contributed by atoms with E-state index in [0.717, 1.165) is 12.5 Å². The van der Waals surface area contributed by atoms with Crippen LogP contribution in [0.5, 0.6) is 0 Å². The lowest BCUT2D eigenvalue weighted by Gasteiger charge is -2.22. The molecule has 3 unspecified atom stereocenters. The van der Waals surface area contributed by atoms with Gasteiger partial charge in [0.25, 0.3) is 0 Å². The summed E-state index contributed by atoms with van der Waals surface area (Å²) in [6, 6.07) is 0.610. The standard InChI is InChI=1S/C10H23NO/c1-8(6-10(3)11-4)9(2)7-12-5/h8-11H,6-7H2,1-5H3. The lowest BCUT2D eigenvalue weighted by molar-refractivity contribution is 0.128. The van der Waals surface area contributed by atoms with Gasteiger partial charge in [-0.25, -0.2) is 0 Å². The molecule has 0 rings (SSSR count). The predicted octanol–water partition coefficient (Wildman–Crippen LogP) is 1.90. The van der Waals surface area contributed by atoms with Crippen molar-refractivity contribution in [1.82, 2.24) is 5.32 Å². The van der Waals surface area contributed by atoms with E-state index in [1.54, 1.807) is 7.11 Å². The molecule has 0 spiro atoms. The topological polar surface area (TPSA) is 21.3 Å². The molecule has 0 aliphatic heterocycles. The van der Waals surface area contributed by atoms with Crippen LogP contribution in [0.4, 0.5) is 0 Å². The first kappa shape index (κ1) is 11.9. The van der Waals surface area contributed by atoms with E-state index in [0.29, 0.717) is 12.0 Å². The molecule has 0 fully saturated rings. The largest absolute Gasteiger partial charge is 0.384 e. The minimum atomic E-state index is 0.610. The Labute approximate surface area is 76.7 Å². The van der Waals surface area contributed by atoms with Gasteiger partial charge in [-0.1, -0.05) is 13.8 Å². The third-order valence-electron chi connectivity index (χ3n) is 2.62. The third kappa shape index (κ3) is 4.73. The van der Waals surface area contributed by atoms with Gasteiger partial charge in [0.15, 0.2) is 0 Å².